The van der Waals surface area contributed by atoms with Crippen molar-refractivity contribution in [2.45, 2.75) is 54.1 Å². The molecule has 3 aromatic rings. The Balaban J connectivity index is 0.00000341. The van der Waals surface area contributed by atoms with Crippen molar-refractivity contribution in [3.8, 4) is 5.82 Å². The van der Waals surface area contributed by atoms with Gasteiger partial charge in [-0.2, -0.15) is 10.2 Å². The number of aryl methyl sites for hydroxylation is 5. The second-order valence-corrected chi connectivity index (χ2v) is 7.49. The predicted octanol–water partition coefficient (Wildman–Crippen LogP) is 3.46. The Morgan fingerprint density at radius 2 is 1.74 bits per heavy atom. The van der Waals surface area contributed by atoms with E-state index in [2.05, 4.69) is 61.5 Å². The van der Waals surface area contributed by atoms with Gasteiger partial charge in [-0.15, -0.1) is 24.0 Å². The Hall–Kier alpha value is -2.43. The summed E-state index contributed by atoms with van der Waals surface area (Å²) in [5.41, 5.74) is 5.38. The van der Waals surface area contributed by atoms with Crippen molar-refractivity contribution in [2.24, 2.45) is 4.99 Å². The van der Waals surface area contributed by atoms with Crippen LogP contribution in [0.5, 0.6) is 0 Å². The van der Waals surface area contributed by atoms with Crippen LogP contribution in [0.2, 0.25) is 0 Å². The van der Waals surface area contributed by atoms with Crippen LogP contribution in [0, 0.1) is 27.7 Å². The molecule has 0 saturated carbocycles. The van der Waals surface area contributed by atoms with Crippen molar-refractivity contribution in [1.82, 2.24) is 35.2 Å². The SMILES string of the molecule is CCNC(=NCc1ccc(-n2nc(C)cc2C)nc1)NCCCn1nc(C)cc1C.I. The van der Waals surface area contributed by atoms with Crippen LogP contribution in [0.1, 0.15) is 41.7 Å². The Morgan fingerprint density at radius 3 is 2.32 bits per heavy atom. The maximum atomic E-state index is 4.68. The smallest absolute Gasteiger partial charge is 0.191 e. The second-order valence-electron chi connectivity index (χ2n) is 7.49. The molecule has 0 bridgehead atoms. The van der Waals surface area contributed by atoms with Crippen molar-refractivity contribution in [2.75, 3.05) is 13.1 Å². The molecule has 9 heteroatoms. The van der Waals surface area contributed by atoms with E-state index in [1.54, 1.807) is 0 Å². The maximum Gasteiger partial charge on any atom is 0.191 e. The topological polar surface area (TPSA) is 85.0 Å². The van der Waals surface area contributed by atoms with E-state index in [0.29, 0.717) is 6.54 Å². The summed E-state index contributed by atoms with van der Waals surface area (Å²) in [6.45, 7) is 13.3. The number of guanidine groups is 1. The maximum absolute atomic E-state index is 4.68. The highest BCUT2D eigenvalue weighted by atomic mass is 127. The first-order chi connectivity index (χ1) is 14.5. The van der Waals surface area contributed by atoms with E-state index in [1.807, 2.05) is 43.8 Å². The van der Waals surface area contributed by atoms with Gasteiger partial charge in [-0.1, -0.05) is 6.07 Å². The Bertz CT molecular complexity index is 988. The first kappa shape index (κ1) is 24.8. The van der Waals surface area contributed by atoms with E-state index in [0.717, 1.165) is 60.5 Å². The summed E-state index contributed by atoms with van der Waals surface area (Å²) in [6, 6.07) is 8.18. The van der Waals surface area contributed by atoms with Crippen molar-refractivity contribution < 1.29 is 0 Å². The van der Waals surface area contributed by atoms with Crippen LogP contribution >= 0.6 is 24.0 Å². The number of hydrogen-bond donors (Lipinski definition) is 2. The first-order valence-corrected chi connectivity index (χ1v) is 10.5. The average molecular weight is 536 g/mol. The lowest BCUT2D eigenvalue weighted by molar-refractivity contribution is 0.555. The number of hydrogen-bond acceptors (Lipinski definition) is 4. The molecule has 0 fully saturated rings. The normalized spacial score (nSPS) is 11.3. The Morgan fingerprint density at radius 1 is 1.00 bits per heavy atom. The summed E-state index contributed by atoms with van der Waals surface area (Å²) in [7, 11) is 0. The lowest BCUT2D eigenvalue weighted by atomic mass is 10.3. The van der Waals surface area contributed by atoms with Crippen LogP contribution in [-0.2, 0) is 13.1 Å². The summed E-state index contributed by atoms with van der Waals surface area (Å²) >= 11 is 0. The summed E-state index contributed by atoms with van der Waals surface area (Å²) in [6.07, 6.45) is 2.84. The van der Waals surface area contributed by atoms with Crippen molar-refractivity contribution in [3.63, 3.8) is 0 Å². The minimum absolute atomic E-state index is 0. The van der Waals surface area contributed by atoms with Crippen LogP contribution in [0.3, 0.4) is 0 Å². The first-order valence-electron chi connectivity index (χ1n) is 10.5. The van der Waals surface area contributed by atoms with Crippen molar-refractivity contribution >= 4 is 29.9 Å². The summed E-state index contributed by atoms with van der Waals surface area (Å²) in [5, 5.41) is 15.7. The third kappa shape index (κ3) is 7.05. The monoisotopic (exact) mass is 536 g/mol. The molecule has 0 saturated heterocycles. The van der Waals surface area contributed by atoms with Crippen LogP contribution in [0.4, 0.5) is 0 Å². The van der Waals surface area contributed by atoms with Crippen molar-refractivity contribution in [3.05, 3.63) is 58.8 Å². The van der Waals surface area contributed by atoms with Crippen molar-refractivity contribution in [1.29, 1.82) is 0 Å². The number of rotatable bonds is 8. The molecule has 31 heavy (non-hydrogen) atoms. The van der Waals surface area contributed by atoms with E-state index in [9.17, 15) is 0 Å². The molecular formula is C22H33IN8. The van der Waals surface area contributed by atoms with Crippen LogP contribution in [0.25, 0.3) is 5.82 Å². The third-order valence-corrected chi connectivity index (χ3v) is 4.74. The lowest BCUT2D eigenvalue weighted by Gasteiger charge is -2.12. The Kier molecular flexibility index (Phi) is 9.47. The van der Waals surface area contributed by atoms with Crippen LogP contribution < -0.4 is 10.6 Å². The number of halogens is 1. The molecule has 0 aliphatic rings. The van der Waals surface area contributed by atoms with E-state index >= 15 is 0 Å². The molecule has 168 valence electrons. The second kappa shape index (κ2) is 11.8. The average Bonchev–Trinajstić information content (AvgIpc) is 3.23. The van der Waals surface area contributed by atoms with E-state index < -0.39 is 0 Å². The fraction of sp³-hybridized carbons (Fsp3) is 0.455. The largest absolute Gasteiger partial charge is 0.357 e. The quantitative estimate of drug-likeness (QED) is 0.200. The molecule has 8 nitrogen and oxygen atoms in total. The van der Waals surface area contributed by atoms with Gasteiger partial charge >= 0.3 is 0 Å². The number of nitrogens with one attached hydrogen (secondary N) is 2. The molecule has 0 radical (unpaired) electrons. The highest BCUT2D eigenvalue weighted by molar-refractivity contribution is 14.0. The van der Waals surface area contributed by atoms with Gasteiger partial charge in [0.1, 0.15) is 0 Å². The molecule has 3 aromatic heterocycles. The molecule has 2 N–H and O–H groups in total. The van der Waals surface area contributed by atoms with Gasteiger partial charge in [-0.3, -0.25) is 4.68 Å². The highest BCUT2D eigenvalue weighted by Crippen LogP contribution is 2.10. The summed E-state index contributed by atoms with van der Waals surface area (Å²) in [5.74, 6) is 1.64. The number of aromatic nitrogens is 5. The third-order valence-electron chi connectivity index (χ3n) is 4.74. The van der Waals surface area contributed by atoms with Gasteiger partial charge in [-0.05, 0) is 64.8 Å². The van der Waals surface area contributed by atoms with Gasteiger partial charge in [0.2, 0.25) is 0 Å². The minimum atomic E-state index is 0. The fourth-order valence-corrected chi connectivity index (χ4v) is 3.35. The molecular weight excluding hydrogens is 503 g/mol. The van der Waals surface area contributed by atoms with Gasteiger partial charge in [0.25, 0.3) is 0 Å². The zero-order valence-electron chi connectivity index (χ0n) is 19.0. The fourth-order valence-electron chi connectivity index (χ4n) is 3.35. The zero-order valence-corrected chi connectivity index (χ0v) is 21.3. The highest BCUT2D eigenvalue weighted by Gasteiger charge is 2.05. The molecule has 0 aromatic carbocycles. The van der Waals surface area contributed by atoms with Gasteiger partial charge in [0.15, 0.2) is 11.8 Å². The van der Waals surface area contributed by atoms with E-state index in [-0.39, 0.29) is 24.0 Å². The Labute approximate surface area is 201 Å². The molecule has 3 heterocycles. The molecule has 0 unspecified atom stereocenters. The molecule has 0 amide bonds. The van der Waals surface area contributed by atoms with Crippen LogP contribution in [-0.4, -0.2) is 43.6 Å². The summed E-state index contributed by atoms with van der Waals surface area (Å²) in [4.78, 5) is 9.23. The minimum Gasteiger partial charge on any atom is -0.357 e. The van der Waals surface area contributed by atoms with E-state index in [1.165, 1.54) is 5.69 Å². The van der Waals surface area contributed by atoms with E-state index in [4.69, 9.17) is 0 Å². The van der Waals surface area contributed by atoms with Gasteiger partial charge < -0.3 is 10.6 Å². The molecule has 0 atom stereocenters. The number of nitrogens with zero attached hydrogens (tertiary/aromatic N) is 6. The van der Waals surface area contributed by atoms with Gasteiger partial charge in [0, 0.05) is 37.2 Å². The van der Waals surface area contributed by atoms with Gasteiger partial charge in [-0.25, -0.2) is 14.7 Å². The summed E-state index contributed by atoms with van der Waals surface area (Å²) < 4.78 is 3.91. The standard InChI is InChI=1S/C22H32N8.HI/c1-6-23-22(24-10-7-11-29-18(4)12-16(2)27-29)26-15-20-8-9-21(25-14-20)30-19(5)13-17(3)28-30;/h8-9,12-14H,6-7,10-11,15H2,1-5H3,(H2,23,24,26);1H. The number of pyridine rings is 1. The molecule has 0 aliphatic heterocycles. The van der Waals surface area contributed by atoms with Gasteiger partial charge in [0.05, 0.1) is 17.9 Å². The zero-order chi connectivity index (χ0) is 21.5. The predicted molar refractivity (Wildman–Crippen MR) is 135 cm³/mol. The van der Waals surface area contributed by atoms with Crippen LogP contribution in [0.15, 0.2) is 35.5 Å². The molecule has 0 aliphatic carbocycles. The number of aliphatic imine (C=N–C) groups is 1. The lowest BCUT2D eigenvalue weighted by Crippen LogP contribution is -2.38. The molecule has 3 rings (SSSR count). The molecule has 0 spiro atoms.